The molecule has 0 atom stereocenters. The van der Waals surface area contributed by atoms with Crippen molar-refractivity contribution in [2.45, 2.75) is 32.0 Å². The topological polar surface area (TPSA) is 45.2 Å². The quantitative estimate of drug-likeness (QED) is 0.846. The predicted octanol–water partition coefficient (Wildman–Crippen LogP) is 3.33. The van der Waals surface area contributed by atoms with Crippen LogP contribution in [0.15, 0.2) is 12.1 Å². The first-order chi connectivity index (χ1) is 9.80. The number of nitrogens with zero attached hydrogens (tertiary/aromatic N) is 2. The van der Waals surface area contributed by atoms with E-state index in [1.165, 1.54) is 12.1 Å². The fraction of sp³-hybridized carbons (Fsp3) is 0.538. The fourth-order valence-corrected chi connectivity index (χ4v) is 2.21. The van der Waals surface area contributed by atoms with Crippen molar-refractivity contribution in [3.8, 4) is 0 Å². The van der Waals surface area contributed by atoms with E-state index in [0.29, 0.717) is 25.2 Å². The molecule has 1 aliphatic carbocycles. The Hall–Kier alpha value is -1.50. The van der Waals surface area contributed by atoms with Gasteiger partial charge in [-0.3, -0.25) is 4.79 Å². The van der Waals surface area contributed by atoms with Crippen molar-refractivity contribution >= 4 is 23.3 Å². The van der Waals surface area contributed by atoms with Crippen LogP contribution in [0.4, 0.5) is 19.0 Å². The molecule has 0 radical (unpaired) electrons. The molecular formula is C13H15ClF3N3O. The van der Waals surface area contributed by atoms with Gasteiger partial charge in [-0.15, -0.1) is 0 Å². The largest absolute Gasteiger partial charge is 0.406 e. The molecule has 21 heavy (non-hydrogen) atoms. The Labute approximate surface area is 125 Å². The van der Waals surface area contributed by atoms with Crippen molar-refractivity contribution < 1.29 is 18.0 Å². The SMILES string of the molecule is CCNc1cc(C(=O)N(CC(F)(F)F)C2CC2)cc(Cl)n1. The van der Waals surface area contributed by atoms with Crippen LogP contribution in [0.3, 0.4) is 0 Å². The van der Waals surface area contributed by atoms with Gasteiger partial charge in [-0.25, -0.2) is 4.98 Å². The number of carbonyl (C=O) groups excluding carboxylic acids is 1. The van der Waals surface area contributed by atoms with Gasteiger partial charge >= 0.3 is 6.18 Å². The van der Waals surface area contributed by atoms with Crippen LogP contribution in [0.5, 0.6) is 0 Å². The molecule has 0 saturated heterocycles. The van der Waals surface area contributed by atoms with Crippen molar-refractivity contribution in [3.05, 3.63) is 22.8 Å². The third-order valence-corrected chi connectivity index (χ3v) is 3.19. The van der Waals surface area contributed by atoms with Crippen molar-refractivity contribution in [2.24, 2.45) is 0 Å². The summed E-state index contributed by atoms with van der Waals surface area (Å²) in [6.07, 6.45) is -3.22. The minimum absolute atomic E-state index is 0.0690. The molecule has 0 spiro atoms. The fourth-order valence-electron chi connectivity index (χ4n) is 2.00. The molecule has 0 aliphatic heterocycles. The van der Waals surface area contributed by atoms with Crippen molar-refractivity contribution in [2.75, 3.05) is 18.4 Å². The summed E-state index contributed by atoms with van der Waals surface area (Å²) in [7, 11) is 0. The van der Waals surface area contributed by atoms with Gasteiger partial charge in [-0.2, -0.15) is 13.2 Å². The first kappa shape index (κ1) is 15.9. The predicted molar refractivity (Wildman–Crippen MR) is 73.5 cm³/mol. The Balaban J connectivity index is 2.24. The lowest BCUT2D eigenvalue weighted by atomic mass is 10.2. The van der Waals surface area contributed by atoms with Gasteiger partial charge in [0.25, 0.3) is 5.91 Å². The van der Waals surface area contributed by atoms with Crippen molar-refractivity contribution in [1.82, 2.24) is 9.88 Å². The number of pyridine rings is 1. The average molecular weight is 322 g/mol. The van der Waals surface area contributed by atoms with Crippen LogP contribution in [-0.4, -0.2) is 41.1 Å². The molecule has 116 valence electrons. The number of hydrogen-bond acceptors (Lipinski definition) is 3. The number of halogens is 4. The van der Waals surface area contributed by atoms with E-state index in [9.17, 15) is 18.0 Å². The molecule has 0 bridgehead atoms. The Morgan fingerprint density at radius 3 is 2.67 bits per heavy atom. The lowest BCUT2D eigenvalue weighted by molar-refractivity contribution is -0.141. The highest BCUT2D eigenvalue weighted by Crippen LogP contribution is 2.32. The molecule has 1 aromatic heterocycles. The van der Waals surface area contributed by atoms with E-state index in [4.69, 9.17) is 11.6 Å². The first-order valence-corrected chi connectivity index (χ1v) is 6.97. The summed E-state index contributed by atoms with van der Waals surface area (Å²) < 4.78 is 37.8. The minimum Gasteiger partial charge on any atom is -0.370 e. The monoisotopic (exact) mass is 321 g/mol. The summed E-state index contributed by atoms with van der Waals surface area (Å²) in [5.74, 6) is -0.297. The van der Waals surface area contributed by atoms with E-state index in [1.807, 2.05) is 6.92 Å². The second-order valence-corrected chi connectivity index (χ2v) is 5.26. The van der Waals surface area contributed by atoms with Gasteiger partial charge < -0.3 is 10.2 Å². The smallest absolute Gasteiger partial charge is 0.370 e. The number of alkyl halides is 3. The lowest BCUT2D eigenvalue weighted by Gasteiger charge is -2.24. The highest BCUT2D eigenvalue weighted by molar-refractivity contribution is 6.29. The molecule has 0 aromatic carbocycles. The van der Waals surface area contributed by atoms with Crippen LogP contribution in [0.2, 0.25) is 5.15 Å². The number of rotatable bonds is 5. The summed E-state index contributed by atoms with van der Waals surface area (Å²) in [6.45, 7) is 1.16. The first-order valence-electron chi connectivity index (χ1n) is 6.59. The zero-order valence-corrected chi connectivity index (χ0v) is 12.1. The van der Waals surface area contributed by atoms with Gasteiger partial charge in [0.1, 0.15) is 17.5 Å². The van der Waals surface area contributed by atoms with Crippen molar-refractivity contribution in [1.29, 1.82) is 0 Å². The summed E-state index contributed by atoms with van der Waals surface area (Å²) in [5, 5.41) is 2.96. The Morgan fingerprint density at radius 2 is 2.14 bits per heavy atom. The minimum atomic E-state index is -4.42. The molecule has 1 heterocycles. The maximum Gasteiger partial charge on any atom is 0.406 e. The number of hydrogen-bond donors (Lipinski definition) is 1. The van der Waals surface area contributed by atoms with Gasteiger partial charge in [0.2, 0.25) is 0 Å². The molecular weight excluding hydrogens is 307 g/mol. The highest BCUT2D eigenvalue weighted by atomic mass is 35.5. The molecule has 2 rings (SSSR count). The number of nitrogens with one attached hydrogen (secondary N) is 1. The number of anilines is 1. The Kier molecular flexibility index (Phi) is 4.61. The number of carbonyl (C=O) groups is 1. The van der Waals surface area contributed by atoms with Gasteiger partial charge in [0.05, 0.1) is 0 Å². The van der Waals surface area contributed by atoms with Crippen LogP contribution < -0.4 is 5.32 Å². The molecule has 1 aromatic rings. The number of amides is 1. The Bertz CT molecular complexity index is 532. The maximum atomic E-state index is 12.6. The van der Waals surface area contributed by atoms with E-state index in [2.05, 4.69) is 10.3 Å². The zero-order valence-electron chi connectivity index (χ0n) is 11.4. The third-order valence-electron chi connectivity index (χ3n) is 3.00. The van der Waals surface area contributed by atoms with Gasteiger partial charge in [-0.05, 0) is 31.9 Å². The van der Waals surface area contributed by atoms with E-state index < -0.39 is 18.6 Å². The lowest BCUT2D eigenvalue weighted by Crippen LogP contribution is -2.40. The van der Waals surface area contributed by atoms with Gasteiger partial charge in [0.15, 0.2) is 0 Å². The molecule has 1 fully saturated rings. The van der Waals surface area contributed by atoms with Crippen LogP contribution in [-0.2, 0) is 0 Å². The molecule has 1 N–H and O–H groups in total. The molecule has 1 amide bonds. The standard InChI is InChI=1S/C13H15ClF3N3O/c1-2-18-11-6-8(5-10(14)19-11)12(21)20(9-3-4-9)7-13(15,16)17/h5-6,9H,2-4,7H2,1H3,(H,18,19). The summed E-state index contributed by atoms with van der Waals surface area (Å²) in [5.41, 5.74) is 0.113. The highest BCUT2D eigenvalue weighted by Gasteiger charge is 2.41. The van der Waals surface area contributed by atoms with Gasteiger partial charge in [-0.1, -0.05) is 11.6 Å². The van der Waals surface area contributed by atoms with E-state index in [1.54, 1.807) is 0 Å². The van der Waals surface area contributed by atoms with Crippen LogP contribution in [0.25, 0.3) is 0 Å². The normalized spacial score (nSPS) is 14.9. The Morgan fingerprint density at radius 1 is 1.48 bits per heavy atom. The zero-order chi connectivity index (χ0) is 15.6. The summed E-state index contributed by atoms with van der Waals surface area (Å²) in [6, 6.07) is 2.37. The molecule has 0 unspecified atom stereocenters. The van der Waals surface area contributed by atoms with Crippen LogP contribution in [0.1, 0.15) is 30.1 Å². The third kappa shape index (κ3) is 4.49. The van der Waals surface area contributed by atoms with Crippen LogP contribution in [0, 0.1) is 0 Å². The van der Waals surface area contributed by atoms with E-state index in [-0.39, 0.29) is 16.8 Å². The molecule has 4 nitrogen and oxygen atoms in total. The average Bonchev–Trinajstić information content (AvgIpc) is 3.18. The molecule has 1 aliphatic rings. The van der Waals surface area contributed by atoms with E-state index in [0.717, 1.165) is 4.90 Å². The van der Waals surface area contributed by atoms with E-state index >= 15 is 0 Å². The summed E-state index contributed by atoms with van der Waals surface area (Å²) >= 11 is 5.82. The second kappa shape index (κ2) is 6.09. The molecule has 8 heteroatoms. The summed E-state index contributed by atoms with van der Waals surface area (Å²) in [4.78, 5) is 17.1. The van der Waals surface area contributed by atoms with Crippen molar-refractivity contribution in [3.63, 3.8) is 0 Å². The van der Waals surface area contributed by atoms with Crippen LogP contribution >= 0.6 is 11.6 Å². The van der Waals surface area contributed by atoms with Gasteiger partial charge in [0, 0.05) is 18.2 Å². The maximum absolute atomic E-state index is 12.6. The molecule has 1 saturated carbocycles. The second-order valence-electron chi connectivity index (χ2n) is 4.87. The number of aromatic nitrogens is 1.